The van der Waals surface area contributed by atoms with E-state index in [9.17, 15) is 4.79 Å². The molecule has 0 aliphatic rings. The number of ether oxygens (including phenoxy) is 1. The van der Waals surface area contributed by atoms with Crippen LogP contribution >= 0.6 is 0 Å². The summed E-state index contributed by atoms with van der Waals surface area (Å²) in [6.07, 6.45) is 0. The summed E-state index contributed by atoms with van der Waals surface area (Å²) in [5, 5.41) is 12.0. The van der Waals surface area contributed by atoms with Crippen molar-refractivity contribution < 1.29 is 14.6 Å². The Bertz CT molecular complexity index is 416. The predicted octanol–water partition coefficient (Wildman–Crippen LogP) is 2.95. The zero-order valence-corrected chi connectivity index (χ0v) is 11.4. The van der Waals surface area contributed by atoms with Gasteiger partial charge in [0, 0.05) is 6.54 Å². The van der Waals surface area contributed by atoms with Gasteiger partial charge in [-0.1, -0.05) is 26.8 Å². The summed E-state index contributed by atoms with van der Waals surface area (Å²) in [6, 6.07) is 5.94. The molecular weight excluding hydrogens is 230 g/mol. The van der Waals surface area contributed by atoms with Crippen LogP contribution in [0.4, 0.5) is 5.69 Å². The molecule has 1 aromatic rings. The van der Waals surface area contributed by atoms with Gasteiger partial charge in [0.25, 0.3) is 0 Å². The van der Waals surface area contributed by atoms with Gasteiger partial charge in [-0.15, -0.1) is 0 Å². The van der Waals surface area contributed by atoms with Crippen LogP contribution in [0.3, 0.4) is 0 Å². The highest BCUT2D eigenvalue weighted by molar-refractivity contribution is 5.70. The third-order valence-corrected chi connectivity index (χ3v) is 2.91. The third-order valence-electron chi connectivity index (χ3n) is 2.91. The predicted molar refractivity (Wildman–Crippen MR) is 72.4 cm³/mol. The molecule has 0 aliphatic carbocycles. The molecule has 1 aromatic carbocycles. The molecule has 0 fully saturated rings. The first-order chi connectivity index (χ1) is 8.45. The van der Waals surface area contributed by atoms with E-state index in [2.05, 4.69) is 19.2 Å². The van der Waals surface area contributed by atoms with Gasteiger partial charge in [0.05, 0.1) is 18.7 Å². The van der Waals surface area contributed by atoms with Crippen LogP contribution in [0.5, 0.6) is 5.75 Å². The van der Waals surface area contributed by atoms with Crippen LogP contribution in [-0.4, -0.2) is 24.7 Å². The van der Waals surface area contributed by atoms with E-state index in [0.29, 0.717) is 12.5 Å². The molecule has 0 aliphatic heterocycles. The number of benzene rings is 1. The Morgan fingerprint density at radius 2 is 2.06 bits per heavy atom. The molecule has 0 bridgehead atoms. The van der Waals surface area contributed by atoms with Crippen molar-refractivity contribution in [2.24, 2.45) is 5.92 Å². The topological polar surface area (TPSA) is 58.6 Å². The van der Waals surface area contributed by atoms with Crippen molar-refractivity contribution in [2.45, 2.75) is 26.7 Å². The Kier molecular flexibility index (Phi) is 5.01. The van der Waals surface area contributed by atoms with Gasteiger partial charge in [0.1, 0.15) is 5.75 Å². The van der Waals surface area contributed by atoms with E-state index in [1.165, 1.54) is 5.56 Å². The quantitative estimate of drug-likeness (QED) is 0.816. The maximum Gasteiger partial charge on any atom is 0.308 e. The minimum absolute atomic E-state index is 0.382. The second-order valence-corrected chi connectivity index (χ2v) is 4.73. The van der Waals surface area contributed by atoms with Crippen LogP contribution in [0.15, 0.2) is 18.2 Å². The number of anilines is 1. The highest BCUT2D eigenvalue weighted by Gasteiger charge is 2.12. The first-order valence-electron chi connectivity index (χ1n) is 6.10. The van der Waals surface area contributed by atoms with E-state index < -0.39 is 11.9 Å². The zero-order chi connectivity index (χ0) is 13.7. The lowest BCUT2D eigenvalue weighted by atomic mass is 10.0. The number of aliphatic carboxylic acids is 1. The first-order valence-corrected chi connectivity index (χ1v) is 6.10. The molecule has 100 valence electrons. The Hall–Kier alpha value is -1.71. The van der Waals surface area contributed by atoms with E-state index in [-0.39, 0.29) is 0 Å². The molecule has 0 heterocycles. The van der Waals surface area contributed by atoms with Crippen molar-refractivity contribution in [1.29, 1.82) is 0 Å². The van der Waals surface area contributed by atoms with Gasteiger partial charge in [0.2, 0.25) is 0 Å². The standard InChI is InChI=1S/C14H21NO3/c1-9(2)11-5-6-13(18-4)12(7-11)15-8-10(3)14(16)17/h5-7,9-10,15H,8H2,1-4H3,(H,16,17). The molecule has 0 spiro atoms. The van der Waals surface area contributed by atoms with E-state index in [4.69, 9.17) is 9.84 Å². The number of carboxylic acid groups (broad SMARTS) is 1. The van der Waals surface area contributed by atoms with E-state index >= 15 is 0 Å². The van der Waals surface area contributed by atoms with Crippen LogP contribution in [0, 0.1) is 5.92 Å². The summed E-state index contributed by atoms with van der Waals surface area (Å²) in [4.78, 5) is 10.8. The Morgan fingerprint density at radius 3 is 2.56 bits per heavy atom. The Morgan fingerprint density at radius 1 is 1.39 bits per heavy atom. The first kappa shape index (κ1) is 14.4. The molecule has 1 rings (SSSR count). The Balaban J connectivity index is 2.84. The van der Waals surface area contributed by atoms with Gasteiger partial charge in [-0.3, -0.25) is 4.79 Å². The second-order valence-electron chi connectivity index (χ2n) is 4.73. The van der Waals surface area contributed by atoms with Crippen molar-refractivity contribution in [2.75, 3.05) is 19.0 Å². The number of rotatable bonds is 6. The minimum atomic E-state index is -0.804. The number of carbonyl (C=O) groups is 1. The number of hydrogen-bond donors (Lipinski definition) is 2. The normalized spacial score (nSPS) is 12.3. The van der Waals surface area contributed by atoms with Gasteiger partial charge in [-0.2, -0.15) is 0 Å². The van der Waals surface area contributed by atoms with Crippen LogP contribution in [0.25, 0.3) is 0 Å². The summed E-state index contributed by atoms with van der Waals surface area (Å²) >= 11 is 0. The number of carboxylic acids is 1. The van der Waals surface area contributed by atoms with E-state index in [1.54, 1.807) is 14.0 Å². The van der Waals surface area contributed by atoms with Crippen LogP contribution < -0.4 is 10.1 Å². The molecule has 0 saturated heterocycles. The fourth-order valence-electron chi connectivity index (χ4n) is 1.57. The molecule has 0 amide bonds. The van der Waals surface area contributed by atoms with Crippen molar-refractivity contribution in [3.8, 4) is 5.75 Å². The van der Waals surface area contributed by atoms with Gasteiger partial charge in [-0.05, 0) is 23.6 Å². The summed E-state index contributed by atoms with van der Waals surface area (Å²) in [7, 11) is 1.61. The van der Waals surface area contributed by atoms with Gasteiger partial charge in [-0.25, -0.2) is 0 Å². The van der Waals surface area contributed by atoms with Crippen LogP contribution in [-0.2, 0) is 4.79 Å². The SMILES string of the molecule is COc1ccc(C(C)C)cc1NCC(C)C(=O)O. The van der Waals surface area contributed by atoms with Crippen molar-refractivity contribution in [1.82, 2.24) is 0 Å². The maximum absolute atomic E-state index is 10.8. The summed E-state index contributed by atoms with van der Waals surface area (Å²) in [5.74, 6) is -0.0794. The van der Waals surface area contributed by atoms with Crippen molar-refractivity contribution >= 4 is 11.7 Å². The van der Waals surface area contributed by atoms with Crippen molar-refractivity contribution in [3.05, 3.63) is 23.8 Å². The molecule has 0 saturated carbocycles. The number of nitrogens with one attached hydrogen (secondary N) is 1. The van der Waals surface area contributed by atoms with E-state index in [1.807, 2.05) is 18.2 Å². The molecule has 18 heavy (non-hydrogen) atoms. The molecule has 0 aromatic heterocycles. The summed E-state index contributed by atoms with van der Waals surface area (Å²) < 4.78 is 5.26. The molecule has 1 unspecified atom stereocenters. The summed E-state index contributed by atoms with van der Waals surface area (Å²) in [6.45, 7) is 6.29. The zero-order valence-electron chi connectivity index (χ0n) is 11.4. The molecule has 4 nitrogen and oxygen atoms in total. The average molecular weight is 251 g/mol. The molecule has 0 radical (unpaired) electrons. The third kappa shape index (κ3) is 3.65. The number of methoxy groups -OCH3 is 1. The smallest absolute Gasteiger partial charge is 0.308 e. The fourth-order valence-corrected chi connectivity index (χ4v) is 1.57. The van der Waals surface area contributed by atoms with Crippen LogP contribution in [0.1, 0.15) is 32.3 Å². The molecule has 1 atom stereocenters. The largest absolute Gasteiger partial charge is 0.495 e. The number of hydrogen-bond acceptors (Lipinski definition) is 3. The average Bonchev–Trinajstić information content (AvgIpc) is 2.35. The van der Waals surface area contributed by atoms with Gasteiger partial charge < -0.3 is 15.2 Å². The monoisotopic (exact) mass is 251 g/mol. The lowest BCUT2D eigenvalue weighted by Crippen LogP contribution is -2.19. The summed E-state index contributed by atoms with van der Waals surface area (Å²) in [5.41, 5.74) is 2.04. The van der Waals surface area contributed by atoms with Crippen LogP contribution in [0.2, 0.25) is 0 Å². The molecular formula is C14H21NO3. The highest BCUT2D eigenvalue weighted by Crippen LogP contribution is 2.28. The lowest BCUT2D eigenvalue weighted by molar-refractivity contribution is -0.140. The maximum atomic E-state index is 10.8. The molecule has 2 N–H and O–H groups in total. The minimum Gasteiger partial charge on any atom is -0.495 e. The highest BCUT2D eigenvalue weighted by atomic mass is 16.5. The Labute approximate surface area is 108 Å². The van der Waals surface area contributed by atoms with Crippen molar-refractivity contribution in [3.63, 3.8) is 0 Å². The fraction of sp³-hybridized carbons (Fsp3) is 0.500. The lowest BCUT2D eigenvalue weighted by Gasteiger charge is -2.15. The molecule has 4 heteroatoms. The van der Waals surface area contributed by atoms with Gasteiger partial charge in [0.15, 0.2) is 0 Å². The second kappa shape index (κ2) is 6.28. The van der Waals surface area contributed by atoms with E-state index in [0.717, 1.165) is 11.4 Å². The van der Waals surface area contributed by atoms with Gasteiger partial charge >= 0.3 is 5.97 Å².